The van der Waals surface area contributed by atoms with E-state index >= 15 is 0 Å². The highest BCUT2D eigenvalue weighted by molar-refractivity contribution is 5.92. The molecule has 0 radical (unpaired) electrons. The van der Waals surface area contributed by atoms with E-state index in [-0.39, 0.29) is 17.0 Å². The lowest BCUT2D eigenvalue weighted by Gasteiger charge is -2.54. The number of Topliss-reactive ketones (excluding diaryl/α,β-unsaturated/α-hetero) is 1. The highest BCUT2D eigenvalue weighted by atomic mass is 16.3. The van der Waals surface area contributed by atoms with Gasteiger partial charge in [0.25, 0.3) is 0 Å². The van der Waals surface area contributed by atoms with E-state index in [1.165, 1.54) is 30.4 Å². The third-order valence-electron chi connectivity index (χ3n) is 13.4. The highest BCUT2D eigenvalue weighted by Gasteiger charge is 2.64. The van der Waals surface area contributed by atoms with Gasteiger partial charge in [0.05, 0.1) is 6.54 Å². The van der Waals surface area contributed by atoms with Gasteiger partial charge in [0.2, 0.25) is 5.95 Å². The lowest BCUT2D eigenvalue weighted by atomic mass is 9.50. The molecule has 9 nitrogen and oxygen atoms in total. The average Bonchev–Trinajstić information content (AvgIpc) is 3.37. The van der Waals surface area contributed by atoms with Crippen LogP contribution in [0.1, 0.15) is 91.9 Å². The molecule has 2 saturated heterocycles. The first kappa shape index (κ1) is 32.8. The number of piperazine rings is 1. The summed E-state index contributed by atoms with van der Waals surface area (Å²) >= 11 is 0. The molecule has 0 bridgehead atoms. The topological polar surface area (TPSA) is 93.1 Å². The normalized spacial score (nSPS) is 34.3. The van der Waals surface area contributed by atoms with Crippen molar-refractivity contribution in [3.63, 3.8) is 0 Å². The predicted octanol–water partition coefficient (Wildman–Crippen LogP) is 5.19. The summed E-state index contributed by atoms with van der Waals surface area (Å²) in [5, 5.41) is 12.3. The Hall–Kier alpha value is -2.78. The number of anilines is 3. The molecule has 9 heteroatoms. The van der Waals surface area contributed by atoms with Crippen LogP contribution in [0.25, 0.3) is 0 Å². The molecule has 2 aliphatic heterocycles. The molecule has 0 unspecified atom stereocenters. The average molecular weight is 645 g/mol. The molecule has 7 rings (SSSR count). The third-order valence-corrected chi connectivity index (χ3v) is 13.4. The van der Waals surface area contributed by atoms with E-state index in [0.29, 0.717) is 31.2 Å². The van der Waals surface area contributed by atoms with Crippen molar-refractivity contribution >= 4 is 29.2 Å². The fourth-order valence-corrected chi connectivity index (χ4v) is 10.3. The molecule has 1 aromatic rings. The molecule has 6 aliphatic rings. The molecular weight excluding hydrogens is 588 g/mol. The number of ketones is 2. The first-order chi connectivity index (χ1) is 22.6. The Balaban J connectivity index is 1.03. The van der Waals surface area contributed by atoms with Crippen molar-refractivity contribution in [3.8, 4) is 0 Å². The van der Waals surface area contributed by atoms with Crippen molar-refractivity contribution < 1.29 is 14.7 Å². The van der Waals surface area contributed by atoms with Crippen LogP contribution in [-0.4, -0.2) is 96.0 Å². The Bertz CT molecular complexity index is 1440. The zero-order valence-corrected chi connectivity index (χ0v) is 29.3. The van der Waals surface area contributed by atoms with Gasteiger partial charge < -0.3 is 19.8 Å². The molecule has 5 atom stereocenters. The maximum atomic E-state index is 14.1. The van der Waals surface area contributed by atoms with Crippen LogP contribution in [0, 0.1) is 22.7 Å². The van der Waals surface area contributed by atoms with Crippen LogP contribution in [0.5, 0.6) is 0 Å². The van der Waals surface area contributed by atoms with Crippen LogP contribution in [0.2, 0.25) is 0 Å². The summed E-state index contributed by atoms with van der Waals surface area (Å²) in [6.45, 7) is 16.1. The highest BCUT2D eigenvalue weighted by Crippen LogP contribution is 2.65. The fraction of sp³-hybridized carbons (Fsp3) is 0.737. The molecule has 47 heavy (non-hydrogen) atoms. The molecule has 0 aromatic carbocycles. The second-order valence-electron chi connectivity index (χ2n) is 15.7. The van der Waals surface area contributed by atoms with Crippen molar-refractivity contribution in [1.82, 2.24) is 14.9 Å². The molecule has 256 valence electrons. The Labute approximate surface area is 281 Å². The molecule has 2 saturated carbocycles. The van der Waals surface area contributed by atoms with E-state index in [4.69, 9.17) is 9.97 Å². The second-order valence-corrected chi connectivity index (χ2v) is 15.7. The van der Waals surface area contributed by atoms with Crippen LogP contribution in [0.15, 0.2) is 29.4 Å². The zero-order chi connectivity index (χ0) is 33.0. The van der Waals surface area contributed by atoms with E-state index in [0.717, 1.165) is 102 Å². The smallest absolute Gasteiger partial charge is 0.229 e. The summed E-state index contributed by atoms with van der Waals surface area (Å²) in [6, 6.07) is 2.17. The molecule has 0 amide bonds. The van der Waals surface area contributed by atoms with Crippen LogP contribution in [0.3, 0.4) is 0 Å². The summed E-state index contributed by atoms with van der Waals surface area (Å²) in [5.74, 6) is 3.76. The number of hydrogen-bond acceptors (Lipinski definition) is 9. The number of carbonyl (C=O) groups is 2. The number of piperidine rings is 1. The third kappa shape index (κ3) is 5.53. The van der Waals surface area contributed by atoms with Crippen molar-refractivity contribution in [1.29, 1.82) is 0 Å². The summed E-state index contributed by atoms with van der Waals surface area (Å²) < 4.78 is 0. The van der Waals surface area contributed by atoms with Crippen molar-refractivity contribution in [2.75, 3.05) is 73.6 Å². The maximum absolute atomic E-state index is 14.1. The van der Waals surface area contributed by atoms with E-state index < -0.39 is 11.0 Å². The van der Waals surface area contributed by atoms with Gasteiger partial charge >= 0.3 is 0 Å². The van der Waals surface area contributed by atoms with Crippen LogP contribution >= 0.6 is 0 Å². The molecular formula is C38H56N6O3. The van der Waals surface area contributed by atoms with Gasteiger partial charge in [0.1, 0.15) is 17.2 Å². The molecule has 3 heterocycles. The van der Waals surface area contributed by atoms with Crippen molar-refractivity contribution in [2.24, 2.45) is 22.7 Å². The number of nitrogens with zero attached hydrogens (tertiary/aromatic N) is 6. The Morgan fingerprint density at radius 1 is 0.936 bits per heavy atom. The quantitative estimate of drug-likeness (QED) is 0.384. The zero-order valence-electron chi connectivity index (χ0n) is 29.3. The van der Waals surface area contributed by atoms with Gasteiger partial charge in [-0.25, -0.2) is 0 Å². The van der Waals surface area contributed by atoms with Crippen LogP contribution < -0.4 is 14.7 Å². The molecule has 1 aromatic heterocycles. The molecule has 4 fully saturated rings. The van der Waals surface area contributed by atoms with Crippen molar-refractivity contribution in [2.45, 2.75) is 97.5 Å². The SMILES string of the molecule is CCN(CC)c1nc(N2CCCCC2)cc(N2CCN(CC(=O)[C@@]3(O)CC[C@H]4[C@@H]5CCC6=CC(=O)CC[C@]6(C)C5=CC[C@@]43C)CC2)n1. The first-order valence-corrected chi connectivity index (χ1v) is 18.7. The number of hydrogen-bond donors (Lipinski definition) is 1. The van der Waals surface area contributed by atoms with Gasteiger partial charge in [0, 0.05) is 75.7 Å². The van der Waals surface area contributed by atoms with Gasteiger partial charge in [-0.2, -0.15) is 9.97 Å². The maximum Gasteiger partial charge on any atom is 0.229 e. The largest absolute Gasteiger partial charge is 0.381 e. The van der Waals surface area contributed by atoms with Gasteiger partial charge in [-0.1, -0.05) is 31.1 Å². The van der Waals surface area contributed by atoms with Gasteiger partial charge in [0.15, 0.2) is 11.6 Å². The molecule has 4 aliphatic carbocycles. The Morgan fingerprint density at radius 3 is 2.30 bits per heavy atom. The van der Waals surface area contributed by atoms with Gasteiger partial charge in [-0.05, 0) is 89.5 Å². The van der Waals surface area contributed by atoms with Gasteiger partial charge in [-0.3, -0.25) is 14.5 Å². The number of fused-ring (bicyclic) bond motifs is 5. The predicted molar refractivity (Wildman–Crippen MR) is 187 cm³/mol. The number of carbonyl (C=O) groups excluding carboxylic acids is 2. The van der Waals surface area contributed by atoms with Crippen LogP contribution in [-0.2, 0) is 9.59 Å². The monoisotopic (exact) mass is 644 g/mol. The van der Waals surface area contributed by atoms with E-state index in [1.54, 1.807) is 0 Å². The lowest BCUT2D eigenvalue weighted by molar-refractivity contribution is -0.154. The minimum absolute atomic E-state index is 0.00286. The summed E-state index contributed by atoms with van der Waals surface area (Å²) in [4.78, 5) is 45.6. The van der Waals surface area contributed by atoms with E-state index in [1.807, 2.05) is 6.08 Å². The minimum atomic E-state index is -1.30. The van der Waals surface area contributed by atoms with E-state index in [9.17, 15) is 14.7 Å². The summed E-state index contributed by atoms with van der Waals surface area (Å²) in [7, 11) is 0. The number of allylic oxidation sites excluding steroid dienone is 4. The number of aliphatic hydroxyl groups is 1. The summed E-state index contributed by atoms with van der Waals surface area (Å²) in [5.41, 5.74) is 1.000. The van der Waals surface area contributed by atoms with Gasteiger partial charge in [-0.15, -0.1) is 0 Å². The first-order valence-electron chi connectivity index (χ1n) is 18.7. The second kappa shape index (κ2) is 12.6. The molecule has 0 spiro atoms. The summed E-state index contributed by atoms with van der Waals surface area (Å²) in [6.07, 6.45) is 13.7. The lowest BCUT2D eigenvalue weighted by Crippen LogP contribution is -2.58. The number of aromatic nitrogens is 2. The molecule has 1 N–H and O–H groups in total. The Morgan fingerprint density at radius 2 is 1.62 bits per heavy atom. The standard InChI is InChI=1S/C38H56N6O3/c1-5-42(6-2)35-39-33(43-18-8-7-9-19-43)25-34(40-35)44-22-20-41(21-23-44)26-32(46)38(47)17-14-31-29-11-10-27-24-28(45)12-15-36(27,3)30(29)13-16-37(31,38)4/h13,24-25,29,31,47H,5-12,14-23,26H2,1-4H3/t29-,31+,36+,37+,38+/m1/s1. The minimum Gasteiger partial charge on any atom is -0.381 e. The number of rotatable bonds is 8. The fourth-order valence-electron chi connectivity index (χ4n) is 10.3. The van der Waals surface area contributed by atoms with Crippen LogP contribution in [0.4, 0.5) is 17.6 Å². The Kier molecular flexibility index (Phi) is 8.77. The van der Waals surface area contributed by atoms with Crippen molar-refractivity contribution in [3.05, 3.63) is 29.4 Å². The van der Waals surface area contributed by atoms with E-state index in [2.05, 4.69) is 59.4 Å².